The highest BCUT2D eigenvalue weighted by molar-refractivity contribution is 5.81. The Hall–Kier alpha value is -1.43. The van der Waals surface area contributed by atoms with Gasteiger partial charge in [0.2, 0.25) is 5.91 Å². The van der Waals surface area contributed by atoms with Crippen LogP contribution in [0.25, 0.3) is 0 Å². The van der Waals surface area contributed by atoms with Crippen LogP contribution < -0.4 is 5.32 Å². The smallest absolute Gasteiger partial charge is 0.239 e. The van der Waals surface area contributed by atoms with Crippen molar-refractivity contribution in [1.82, 2.24) is 25.0 Å². The first kappa shape index (κ1) is 14.6. The summed E-state index contributed by atoms with van der Waals surface area (Å²) >= 11 is 0. The summed E-state index contributed by atoms with van der Waals surface area (Å²) in [7, 11) is 3.66. The molecule has 0 saturated carbocycles. The second-order valence-electron chi connectivity index (χ2n) is 4.93. The van der Waals surface area contributed by atoms with Gasteiger partial charge < -0.3 is 14.8 Å². The van der Waals surface area contributed by atoms with Gasteiger partial charge in [-0.25, -0.2) is 0 Å². The Balaban J connectivity index is 2.43. The van der Waals surface area contributed by atoms with Gasteiger partial charge in [-0.2, -0.15) is 0 Å². The Kier molecular flexibility index (Phi) is 5.77. The number of nitrogens with zero attached hydrogens (tertiary/aromatic N) is 4. The summed E-state index contributed by atoms with van der Waals surface area (Å²) < 4.78 is 1.86. The summed E-state index contributed by atoms with van der Waals surface area (Å²) in [6, 6.07) is -0.101. The molecule has 1 heterocycles. The fraction of sp³-hybridized carbons (Fsp3) is 0.750. The lowest BCUT2D eigenvalue weighted by molar-refractivity contribution is -0.132. The van der Waals surface area contributed by atoms with Crippen molar-refractivity contribution >= 4 is 5.91 Å². The first-order chi connectivity index (χ1) is 8.54. The van der Waals surface area contributed by atoms with E-state index in [1.807, 2.05) is 18.7 Å². The minimum absolute atomic E-state index is 0.101. The van der Waals surface area contributed by atoms with Crippen LogP contribution in [-0.4, -0.2) is 52.3 Å². The van der Waals surface area contributed by atoms with Crippen molar-refractivity contribution in [3.8, 4) is 0 Å². The molecule has 0 aliphatic heterocycles. The monoisotopic (exact) mass is 253 g/mol. The van der Waals surface area contributed by atoms with Gasteiger partial charge in [-0.15, -0.1) is 10.2 Å². The number of aromatic nitrogens is 3. The Morgan fingerprint density at radius 1 is 1.39 bits per heavy atom. The maximum Gasteiger partial charge on any atom is 0.239 e. The van der Waals surface area contributed by atoms with Crippen molar-refractivity contribution in [2.75, 3.05) is 20.6 Å². The normalized spacial score (nSPS) is 12.7. The molecule has 0 bridgehead atoms. The van der Waals surface area contributed by atoms with Crippen molar-refractivity contribution in [2.24, 2.45) is 5.92 Å². The van der Waals surface area contributed by atoms with E-state index in [0.717, 1.165) is 6.42 Å². The number of hydrogen-bond acceptors (Lipinski definition) is 4. The summed E-state index contributed by atoms with van der Waals surface area (Å²) in [4.78, 5) is 13.9. The molecule has 1 aromatic heterocycles. The third kappa shape index (κ3) is 4.44. The predicted octanol–water partition coefficient (Wildman–Crippen LogP) is 0.371. The van der Waals surface area contributed by atoms with E-state index in [1.165, 1.54) is 0 Å². The Morgan fingerprint density at radius 3 is 2.50 bits per heavy atom. The Morgan fingerprint density at radius 2 is 2.00 bits per heavy atom. The number of carbonyl (C=O) groups is 1. The molecule has 0 fully saturated rings. The van der Waals surface area contributed by atoms with Crippen LogP contribution in [-0.2, 0) is 11.3 Å². The molecular formula is C12H23N5O. The number of carbonyl (C=O) groups excluding carboxylic acids is 1. The van der Waals surface area contributed by atoms with Crippen LogP contribution in [0.4, 0.5) is 0 Å². The molecule has 1 rings (SSSR count). The lowest BCUT2D eigenvalue weighted by Gasteiger charge is -2.24. The number of amides is 1. The number of rotatable bonds is 7. The summed E-state index contributed by atoms with van der Waals surface area (Å²) in [5.41, 5.74) is 0. The van der Waals surface area contributed by atoms with Gasteiger partial charge in [0.25, 0.3) is 0 Å². The van der Waals surface area contributed by atoms with Crippen molar-refractivity contribution in [3.05, 3.63) is 12.7 Å². The van der Waals surface area contributed by atoms with Crippen molar-refractivity contribution in [2.45, 2.75) is 32.9 Å². The highest BCUT2D eigenvalue weighted by Gasteiger charge is 2.20. The summed E-state index contributed by atoms with van der Waals surface area (Å²) in [6.45, 7) is 5.62. The van der Waals surface area contributed by atoms with E-state index in [0.29, 0.717) is 19.0 Å². The van der Waals surface area contributed by atoms with E-state index in [2.05, 4.69) is 29.4 Å². The van der Waals surface area contributed by atoms with Gasteiger partial charge >= 0.3 is 0 Å². The molecular weight excluding hydrogens is 230 g/mol. The first-order valence-corrected chi connectivity index (χ1v) is 6.29. The van der Waals surface area contributed by atoms with Gasteiger partial charge in [0.15, 0.2) is 0 Å². The molecule has 0 aliphatic rings. The van der Waals surface area contributed by atoms with Crippen LogP contribution in [0, 0.1) is 5.92 Å². The predicted molar refractivity (Wildman–Crippen MR) is 70.0 cm³/mol. The Bertz CT molecular complexity index is 349. The maximum atomic E-state index is 12.2. The quantitative estimate of drug-likeness (QED) is 0.762. The van der Waals surface area contributed by atoms with Gasteiger partial charge in [0.05, 0.1) is 6.04 Å². The van der Waals surface area contributed by atoms with Crippen LogP contribution in [0.3, 0.4) is 0 Å². The molecule has 1 N–H and O–H groups in total. The molecule has 0 unspecified atom stereocenters. The Labute approximate surface area is 108 Å². The second-order valence-corrected chi connectivity index (χ2v) is 4.93. The maximum absolute atomic E-state index is 12.2. The van der Waals surface area contributed by atoms with Gasteiger partial charge in [0, 0.05) is 20.1 Å². The fourth-order valence-electron chi connectivity index (χ4n) is 1.79. The molecule has 18 heavy (non-hydrogen) atoms. The van der Waals surface area contributed by atoms with Gasteiger partial charge in [0.1, 0.15) is 12.7 Å². The summed E-state index contributed by atoms with van der Waals surface area (Å²) in [5, 5.41) is 10.6. The third-order valence-electron chi connectivity index (χ3n) is 2.89. The highest BCUT2D eigenvalue weighted by atomic mass is 16.2. The topological polar surface area (TPSA) is 63.1 Å². The minimum Gasteiger partial charge on any atom is -0.343 e. The van der Waals surface area contributed by atoms with E-state index in [-0.39, 0.29) is 11.9 Å². The van der Waals surface area contributed by atoms with Gasteiger partial charge in [-0.3, -0.25) is 4.79 Å². The zero-order chi connectivity index (χ0) is 13.5. The molecule has 1 amide bonds. The largest absolute Gasteiger partial charge is 0.343 e. The lowest BCUT2D eigenvalue weighted by atomic mass is 10.0. The molecule has 1 aromatic rings. The van der Waals surface area contributed by atoms with Crippen LogP contribution in [0.1, 0.15) is 20.3 Å². The molecule has 0 saturated heterocycles. The minimum atomic E-state index is -0.101. The van der Waals surface area contributed by atoms with E-state index < -0.39 is 0 Å². The average molecular weight is 253 g/mol. The first-order valence-electron chi connectivity index (χ1n) is 6.29. The van der Waals surface area contributed by atoms with Crippen molar-refractivity contribution in [3.63, 3.8) is 0 Å². The molecule has 0 aliphatic carbocycles. The molecule has 0 aromatic carbocycles. The SMILES string of the molecule is CN[C@@H](CC(C)C)C(=O)N(C)CCn1cnnc1. The van der Waals surface area contributed by atoms with Crippen molar-refractivity contribution < 1.29 is 4.79 Å². The standard InChI is InChI=1S/C12H23N5O/c1-10(2)7-11(13-3)12(18)16(4)5-6-17-8-14-15-9-17/h8-11,13H,5-7H2,1-4H3/t11-/m0/s1. The van der Waals surface area contributed by atoms with E-state index in [9.17, 15) is 4.79 Å². The number of hydrogen-bond donors (Lipinski definition) is 1. The van der Waals surface area contributed by atoms with Gasteiger partial charge in [-0.05, 0) is 19.4 Å². The summed E-state index contributed by atoms with van der Waals surface area (Å²) in [5.74, 6) is 0.636. The average Bonchev–Trinajstić information content (AvgIpc) is 2.84. The van der Waals surface area contributed by atoms with E-state index >= 15 is 0 Å². The molecule has 0 spiro atoms. The van der Waals surface area contributed by atoms with E-state index in [1.54, 1.807) is 17.6 Å². The summed E-state index contributed by atoms with van der Waals surface area (Å²) in [6.07, 6.45) is 4.16. The third-order valence-corrected chi connectivity index (χ3v) is 2.89. The fourth-order valence-corrected chi connectivity index (χ4v) is 1.79. The molecule has 6 nitrogen and oxygen atoms in total. The van der Waals surface area contributed by atoms with Crippen LogP contribution in [0.5, 0.6) is 0 Å². The second kappa shape index (κ2) is 7.10. The van der Waals surface area contributed by atoms with Crippen LogP contribution >= 0.6 is 0 Å². The highest BCUT2D eigenvalue weighted by Crippen LogP contribution is 2.07. The zero-order valence-electron chi connectivity index (χ0n) is 11.6. The zero-order valence-corrected chi connectivity index (χ0v) is 11.6. The van der Waals surface area contributed by atoms with Gasteiger partial charge in [-0.1, -0.05) is 13.8 Å². The van der Waals surface area contributed by atoms with Crippen LogP contribution in [0.15, 0.2) is 12.7 Å². The van der Waals surface area contributed by atoms with Crippen molar-refractivity contribution in [1.29, 1.82) is 0 Å². The molecule has 102 valence electrons. The lowest BCUT2D eigenvalue weighted by Crippen LogP contribution is -2.45. The molecule has 6 heteroatoms. The van der Waals surface area contributed by atoms with E-state index in [4.69, 9.17) is 0 Å². The number of likely N-dealkylation sites (N-methyl/N-ethyl adjacent to an activating group) is 2. The molecule has 0 radical (unpaired) electrons. The number of nitrogens with one attached hydrogen (secondary N) is 1. The van der Waals surface area contributed by atoms with Crippen LogP contribution in [0.2, 0.25) is 0 Å². The molecule has 1 atom stereocenters.